The molecule has 0 spiro atoms. The third-order valence-corrected chi connectivity index (χ3v) is 5.46. The number of hydrogen-bond acceptors (Lipinski definition) is 5. The van der Waals surface area contributed by atoms with Crippen LogP contribution in [0.3, 0.4) is 0 Å². The predicted molar refractivity (Wildman–Crippen MR) is 131 cm³/mol. The number of para-hydroxylation sites is 1. The first-order valence-electron chi connectivity index (χ1n) is 10.4. The lowest BCUT2D eigenvalue weighted by Gasteiger charge is -2.14. The number of benzene rings is 3. The van der Waals surface area contributed by atoms with Gasteiger partial charge in [-0.15, -0.1) is 0 Å². The number of aromatic nitrogens is 1. The molecule has 7 nitrogen and oxygen atoms in total. The van der Waals surface area contributed by atoms with Crippen LogP contribution in [0.2, 0.25) is 5.02 Å². The van der Waals surface area contributed by atoms with Gasteiger partial charge in [-0.1, -0.05) is 41.9 Å². The summed E-state index contributed by atoms with van der Waals surface area (Å²) < 4.78 is 5.35. The minimum Gasteiger partial charge on any atom is -0.452 e. The number of pyridine rings is 1. The molecule has 0 radical (unpaired) electrons. The molecular formula is C26H20ClN3O4. The number of fused-ring (bicyclic) bond motifs is 1. The summed E-state index contributed by atoms with van der Waals surface area (Å²) in [5.41, 5.74) is 8.92. The van der Waals surface area contributed by atoms with Crippen molar-refractivity contribution in [1.82, 2.24) is 4.98 Å². The number of ether oxygens (including phenoxy) is 1. The number of carbonyl (C=O) groups is 3. The number of carbonyl (C=O) groups excluding carboxylic acids is 3. The van der Waals surface area contributed by atoms with Crippen LogP contribution < -0.4 is 11.1 Å². The van der Waals surface area contributed by atoms with E-state index in [4.69, 9.17) is 27.1 Å². The van der Waals surface area contributed by atoms with Crippen LogP contribution in [-0.4, -0.2) is 29.4 Å². The Morgan fingerprint density at radius 2 is 1.74 bits per heavy atom. The molecule has 3 N–H and O–H groups in total. The Morgan fingerprint density at radius 3 is 2.44 bits per heavy atom. The van der Waals surface area contributed by atoms with Gasteiger partial charge in [0.05, 0.1) is 16.8 Å². The second-order valence-corrected chi connectivity index (χ2v) is 7.99. The molecule has 0 bridgehead atoms. The Kier molecular flexibility index (Phi) is 6.56. The highest BCUT2D eigenvalue weighted by Gasteiger charge is 2.21. The van der Waals surface area contributed by atoms with E-state index in [9.17, 15) is 14.4 Å². The van der Waals surface area contributed by atoms with Crippen molar-refractivity contribution in [3.63, 3.8) is 0 Å². The SMILES string of the molecule is Cc1c(-c2cccc(Cl)c2)nc2ccccc2c1C(=O)OCC(=O)Nc1ccc(C(N)=O)cc1. The monoisotopic (exact) mass is 473 g/mol. The maximum absolute atomic E-state index is 13.1. The molecule has 0 aliphatic rings. The molecule has 170 valence electrons. The predicted octanol–water partition coefficient (Wildman–Crippen LogP) is 4.76. The van der Waals surface area contributed by atoms with Gasteiger partial charge in [-0.3, -0.25) is 9.59 Å². The van der Waals surface area contributed by atoms with Crippen LogP contribution in [0, 0.1) is 6.92 Å². The lowest BCUT2D eigenvalue weighted by atomic mass is 9.98. The molecule has 2 amide bonds. The van der Waals surface area contributed by atoms with Crippen LogP contribution in [0.25, 0.3) is 22.2 Å². The smallest absolute Gasteiger partial charge is 0.339 e. The van der Waals surface area contributed by atoms with Gasteiger partial charge in [-0.05, 0) is 55.0 Å². The largest absolute Gasteiger partial charge is 0.452 e. The standard InChI is InChI=1S/C26H20ClN3O4/c1-15-23(26(33)34-14-22(31)29-19-11-9-16(10-12-19)25(28)32)20-7-2-3-8-21(20)30-24(15)17-5-4-6-18(27)13-17/h2-13H,14H2,1H3,(H2,28,32)(H,29,31). The fourth-order valence-corrected chi connectivity index (χ4v) is 3.80. The first-order valence-corrected chi connectivity index (χ1v) is 10.7. The lowest BCUT2D eigenvalue weighted by molar-refractivity contribution is -0.119. The van der Waals surface area contributed by atoms with Crippen LogP contribution in [0.4, 0.5) is 5.69 Å². The number of esters is 1. The van der Waals surface area contributed by atoms with Gasteiger partial charge in [0.2, 0.25) is 5.91 Å². The lowest BCUT2D eigenvalue weighted by Crippen LogP contribution is -2.21. The second kappa shape index (κ2) is 9.72. The zero-order valence-electron chi connectivity index (χ0n) is 18.2. The van der Waals surface area contributed by atoms with E-state index in [-0.39, 0.29) is 0 Å². The van der Waals surface area contributed by atoms with Crippen LogP contribution in [-0.2, 0) is 9.53 Å². The molecule has 1 heterocycles. The van der Waals surface area contributed by atoms with Gasteiger partial charge in [0.15, 0.2) is 6.61 Å². The molecule has 0 atom stereocenters. The number of nitrogens with one attached hydrogen (secondary N) is 1. The van der Waals surface area contributed by atoms with E-state index in [1.54, 1.807) is 25.1 Å². The Morgan fingerprint density at radius 1 is 1.00 bits per heavy atom. The molecule has 0 unspecified atom stereocenters. The van der Waals surface area contributed by atoms with Crippen molar-refractivity contribution in [1.29, 1.82) is 0 Å². The fraction of sp³-hybridized carbons (Fsp3) is 0.0769. The third-order valence-electron chi connectivity index (χ3n) is 5.23. The van der Waals surface area contributed by atoms with E-state index < -0.39 is 24.4 Å². The molecule has 0 fully saturated rings. The summed E-state index contributed by atoms with van der Waals surface area (Å²) in [5.74, 6) is -1.73. The second-order valence-electron chi connectivity index (χ2n) is 7.55. The van der Waals surface area contributed by atoms with Gasteiger partial charge in [0.25, 0.3) is 5.91 Å². The van der Waals surface area contributed by atoms with E-state index in [1.807, 2.05) is 30.3 Å². The molecule has 0 aliphatic heterocycles. The number of anilines is 1. The van der Waals surface area contributed by atoms with E-state index in [0.717, 1.165) is 5.56 Å². The molecule has 3 aromatic carbocycles. The van der Waals surface area contributed by atoms with Crippen molar-refractivity contribution in [2.45, 2.75) is 6.92 Å². The van der Waals surface area contributed by atoms with Gasteiger partial charge in [0.1, 0.15) is 0 Å². The topological polar surface area (TPSA) is 111 Å². The van der Waals surface area contributed by atoms with Gasteiger partial charge in [0, 0.05) is 27.2 Å². The summed E-state index contributed by atoms with van der Waals surface area (Å²) in [7, 11) is 0. The quantitative estimate of drug-likeness (QED) is 0.392. The molecule has 34 heavy (non-hydrogen) atoms. The number of hydrogen-bond donors (Lipinski definition) is 2. The summed E-state index contributed by atoms with van der Waals surface area (Å²) >= 11 is 6.16. The Bertz CT molecular complexity index is 1420. The highest BCUT2D eigenvalue weighted by molar-refractivity contribution is 6.30. The molecular weight excluding hydrogens is 454 g/mol. The average molecular weight is 474 g/mol. The minimum absolute atomic E-state index is 0.319. The molecule has 1 aromatic heterocycles. The normalized spacial score (nSPS) is 10.6. The first kappa shape index (κ1) is 22.9. The zero-order chi connectivity index (χ0) is 24.2. The zero-order valence-corrected chi connectivity index (χ0v) is 18.9. The van der Waals surface area contributed by atoms with Crippen molar-refractivity contribution in [3.8, 4) is 11.3 Å². The van der Waals surface area contributed by atoms with Crippen LogP contribution >= 0.6 is 11.6 Å². The summed E-state index contributed by atoms with van der Waals surface area (Å²) in [6.45, 7) is 1.30. The summed E-state index contributed by atoms with van der Waals surface area (Å²) in [6.07, 6.45) is 0. The van der Waals surface area contributed by atoms with Crippen molar-refractivity contribution in [2.75, 3.05) is 11.9 Å². The molecule has 8 heteroatoms. The van der Waals surface area contributed by atoms with E-state index in [1.165, 1.54) is 24.3 Å². The minimum atomic E-state index is -0.640. The molecule has 0 aliphatic carbocycles. The highest BCUT2D eigenvalue weighted by atomic mass is 35.5. The van der Waals surface area contributed by atoms with Crippen molar-refractivity contribution < 1.29 is 19.1 Å². The van der Waals surface area contributed by atoms with Crippen LogP contribution in [0.15, 0.2) is 72.8 Å². The maximum Gasteiger partial charge on any atom is 0.339 e. The summed E-state index contributed by atoms with van der Waals surface area (Å²) in [5, 5.41) is 3.79. The Hall–Kier alpha value is -4.23. The van der Waals surface area contributed by atoms with Gasteiger partial charge in [-0.2, -0.15) is 0 Å². The molecule has 4 rings (SSSR count). The van der Waals surface area contributed by atoms with Crippen LogP contribution in [0.5, 0.6) is 0 Å². The van der Waals surface area contributed by atoms with Crippen LogP contribution in [0.1, 0.15) is 26.3 Å². The number of rotatable bonds is 6. The van der Waals surface area contributed by atoms with Crippen molar-refractivity contribution in [3.05, 3.63) is 94.5 Å². The van der Waals surface area contributed by atoms with E-state index in [2.05, 4.69) is 5.32 Å². The summed E-state index contributed by atoms with van der Waals surface area (Å²) in [4.78, 5) is 41.3. The Balaban J connectivity index is 1.57. The van der Waals surface area contributed by atoms with Crippen molar-refractivity contribution in [2.24, 2.45) is 5.73 Å². The van der Waals surface area contributed by atoms with E-state index >= 15 is 0 Å². The number of primary amides is 1. The summed E-state index contributed by atoms with van der Waals surface area (Å²) in [6, 6.07) is 20.5. The first-order chi connectivity index (χ1) is 16.3. The number of amides is 2. The van der Waals surface area contributed by atoms with Crippen molar-refractivity contribution >= 4 is 46.0 Å². The highest BCUT2D eigenvalue weighted by Crippen LogP contribution is 2.31. The molecule has 0 saturated carbocycles. The van der Waals surface area contributed by atoms with E-state index in [0.29, 0.717) is 44.0 Å². The maximum atomic E-state index is 13.1. The number of nitrogens with zero attached hydrogens (tertiary/aromatic N) is 1. The number of halogens is 1. The molecule has 4 aromatic rings. The number of nitrogens with two attached hydrogens (primary N) is 1. The Labute approximate surface area is 200 Å². The average Bonchev–Trinajstić information content (AvgIpc) is 2.82. The third kappa shape index (κ3) is 4.89. The van der Waals surface area contributed by atoms with Gasteiger partial charge < -0.3 is 15.8 Å². The van der Waals surface area contributed by atoms with Gasteiger partial charge >= 0.3 is 5.97 Å². The molecule has 0 saturated heterocycles. The van der Waals surface area contributed by atoms with Gasteiger partial charge in [-0.25, -0.2) is 9.78 Å². The fourth-order valence-electron chi connectivity index (χ4n) is 3.61.